The Morgan fingerprint density at radius 3 is 2.84 bits per heavy atom. The molecule has 7 heteroatoms. The molecule has 1 aromatic heterocycles. The minimum atomic E-state index is 0. The standard InChI is InChI=1S/C24H40N6.HI/c1-5-25-24(27-16-21-10-8-14-29(18-21)17-19(2)3)26-13-9-15-30-20(4)28-22-11-6-7-12-23(22)30;/h6-7,11-12,19,21H,5,8-10,13-18H2,1-4H3,(H2,25,26,27);1H. The largest absolute Gasteiger partial charge is 0.357 e. The van der Waals surface area contributed by atoms with Gasteiger partial charge in [0, 0.05) is 39.3 Å². The van der Waals surface area contributed by atoms with E-state index in [-0.39, 0.29) is 24.0 Å². The lowest BCUT2D eigenvalue weighted by Crippen LogP contribution is -2.41. The molecule has 1 unspecified atom stereocenters. The number of hydrogen-bond donors (Lipinski definition) is 2. The van der Waals surface area contributed by atoms with Crippen molar-refractivity contribution in [2.24, 2.45) is 16.8 Å². The lowest BCUT2D eigenvalue weighted by molar-refractivity contribution is 0.162. The summed E-state index contributed by atoms with van der Waals surface area (Å²) in [5.41, 5.74) is 2.30. The summed E-state index contributed by atoms with van der Waals surface area (Å²) < 4.78 is 2.31. The highest BCUT2D eigenvalue weighted by Gasteiger charge is 2.20. The summed E-state index contributed by atoms with van der Waals surface area (Å²) >= 11 is 0. The van der Waals surface area contributed by atoms with Crippen molar-refractivity contribution in [3.63, 3.8) is 0 Å². The summed E-state index contributed by atoms with van der Waals surface area (Å²) in [6.07, 6.45) is 3.64. The highest BCUT2D eigenvalue weighted by Crippen LogP contribution is 2.18. The Labute approximate surface area is 205 Å². The number of likely N-dealkylation sites (tertiary alicyclic amines) is 1. The van der Waals surface area contributed by atoms with Crippen molar-refractivity contribution in [1.29, 1.82) is 0 Å². The Kier molecular flexibility index (Phi) is 11.1. The fraction of sp³-hybridized carbons (Fsp3) is 0.667. The number of nitrogens with zero attached hydrogens (tertiary/aromatic N) is 4. The van der Waals surface area contributed by atoms with Gasteiger partial charge in [-0.25, -0.2) is 4.98 Å². The third-order valence-electron chi connectivity index (χ3n) is 5.77. The molecule has 1 saturated heterocycles. The molecule has 1 atom stereocenters. The number of imidazole rings is 1. The molecule has 6 nitrogen and oxygen atoms in total. The summed E-state index contributed by atoms with van der Waals surface area (Å²) in [4.78, 5) is 12.2. The monoisotopic (exact) mass is 540 g/mol. The summed E-state index contributed by atoms with van der Waals surface area (Å²) in [6.45, 7) is 16.2. The molecule has 1 fully saturated rings. The fourth-order valence-corrected chi connectivity index (χ4v) is 4.47. The highest BCUT2D eigenvalue weighted by molar-refractivity contribution is 14.0. The van der Waals surface area contributed by atoms with Crippen LogP contribution in [-0.2, 0) is 6.54 Å². The first kappa shape index (κ1) is 25.9. The molecule has 0 aliphatic carbocycles. The van der Waals surface area contributed by atoms with E-state index >= 15 is 0 Å². The minimum absolute atomic E-state index is 0. The van der Waals surface area contributed by atoms with Crippen LogP contribution in [0.1, 0.15) is 45.9 Å². The molecular weight excluding hydrogens is 499 g/mol. The first-order valence-electron chi connectivity index (χ1n) is 11.7. The van der Waals surface area contributed by atoms with Crippen molar-refractivity contribution in [2.75, 3.05) is 39.3 Å². The van der Waals surface area contributed by atoms with Gasteiger partial charge in [0.25, 0.3) is 0 Å². The fourth-order valence-electron chi connectivity index (χ4n) is 4.47. The van der Waals surface area contributed by atoms with Crippen molar-refractivity contribution in [2.45, 2.75) is 53.5 Å². The maximum atomic E-state index is 4.90. The van der Waals surface area contributed by atoms with E-state index in [0.29, 0.717) is 5.92 Å². The van der Waals surface area contributed by atoms with E-state index < -0.39 is 0 Å². The minimum Gasteiger partial charge on any atom is -0.357 e. The van der Waals surface area contributed by atoms with Crippen molar-refractivity contribution in [3.05, 3.63) is 30.1 Å². The van der Waals surface area contributed by atoms with Crippen LogP contribution in [0.3, 0.4) is 0 Å². The van der Waals surface area contributed by atoms with Crippen LogP contribution in [0.15, 0.2) is 29.3 Å². The van der Waals surface area contributed by atoms with E-state index in [1.165, 1.54) is 38.0 Å². The molecule has 0 spiro atoms. The van der Waals surface area contributed by atoms with Gasteiger partial charge >= 0.3 is 0 Å². The zero-order valence-electron chi connectivity index (χ0n) is 19.7. The second-order valence-corrected chi connectivity index (χ2v) is 8.96. The smallest absolute Gasteiger partial charge is 0.191 e. The van der Waals surface area contributed by atoms with Gasteiger partial charge in [0.15, 0.2) is 5.96 Å². The summed E-state index contributed by atoms with van der Waals surface area (Å²) in [5.74, 6) is 3.45. The molecule has 2 heterocycles. The van der Waals surface area contributed by atoms with Crippen LogP contribution in [0, 0.1) is 18.8 Å². The van der Waals surface area contributed by atoms with E-state index in [1.807, 2.05) is 6.07 Å². The highest BCUT2D eigenvalue weighted by atomic mass is 127. The zero-order valence-corrected chi connectivity index (χ0v) is 22.1. The van der Waals surface area contributed by atoms with Crippen molar-refractivity contribution >= 4 is 41.0 Å². The van der Waals surface area contributed by atoms with Crippen molar-refractivity contribution < 1.29 is 0 Å². The van der Waals surface area contributed by atoms with Gasteiger partial charge in [-0.15, -0.1) is 24.0 Å². The van der Waals surface area contributed by atoms with Crippen LogP contribution < -0.4 is 10.6 Å². The van der Waals surface area contributed by atoms with Gasteiger partial charge in [-0.2, -0.15) is 0 Å². The second kappa shape index (κ2) is 13.3. The van der Waals surface area contributed by atoms with Crippen LogP contribution in [0.5, 0.6) is 0 Å². The molecule has 0 bridgehead atoms. The van der Waals surface area contributed by atoms with Crippen molar-refractivity contribution in [1.82, 2.24) is 25.1 Å². The zero-order chi connectivity index (χ0) is 21.3. The third kappa shape index (κ3) is 7.93. The third-order valence-corrected chi connectivity index (χ3v) is 5.77. The molecule has 174 valence electrons. The van der Waals surface area contributed by atoms with E-state index in [4.69, 9.17) is 4.99 Å². The number of guanidine groups is 1. The normalized spacial score (nSPS) is 17.7. The average molecular weight is 541 g/mol. The summed E-state index contributed by atoms with van der Waals surface area (Å²) in [7, 11) is 0. The molecule has 2 N–H and O–H groups in total. The lowest BCUT2D eigenvalue weighted by atomic mass is 9.97. The predicted octanol–water partition coefficient (Wildman–Crippen LogP) is 4.28. The van der Waals surface area contributed by atoms with Gasteiger partial charge in [0.2, 0.25) is 0 Å². The average Bonchev–Trinajstić information content (AvgIpc) is 3.04. The quantitative estimate of drug-likeness (QED) is 0.216. The van der Waals surface area contributed by atoms with Gasteiger partial charge in [-0.3, -0.25) is 4.99 Å². The number of aliphatic imine (C=N–C) groups is 1. The SMILES string of the molecule is CCNC(=NCC1CCCN(CC(C)C)C1)NCCCn1c(C)nc2ccccc21.I. The number of aromatic nitrogens is 2. The van der Waals surface area contributed by atoms with E-state index in [0.717, 1.165) is 55.8 Å². The van der Waals surface area contributed by atoms with E-state index in [1.54, 1.807) is 0 Å². The van der Waals surface area contributed by atoms with E-state index in [9.17, 15) is 0 Å². The molecule has 3 rings (SSSR count). The number of nitrogens with one attached hydrogen (secondary N) is 2. The summed E-state index contributed by atoms with van der Waals surface area (Å²) in [5, 5.41) is 6.93. The van der Waals surface area contributed by atoms with Crippen molar-refractivity contribution in [3.8, 4) is 0 Å². The molecule has 0 saturated carbocycles. The molecular formula is C24H41IN6. The molecule has 0 radical (unpaired) electrons. The number of aryl methyl sites for hydroxylation is 2. The topological polar surface area (TPSA) is 57.5 Å². The molecule has 0 amide bonds. The Bertz CT molecular complexity index is 816. The lowest BCUT2D eigenvalue weighted by Gasteiger charge is -2.33. The number of rotatable bonds is 9. The van der Waals surface area contributed by atoms with Crippen LogP contribution >= 0.6 is 24.0 Å². The Hall–Kier alpha value is -1.35. The molecule has 2 aromatic rings. The van der Waals surface area contributed by atoms with Gasteiger partial charge in [0.1, 0.15) is 5.82 Å². The van der Waals surface area contributed by atoms with Gasteiger partial charge in [0.05, 0.1) is 11.0 Å². The van der Waals surface area contributed by atoms with Gasteiger partial charge in [-0.05, 0) is 63.6 Å². The first-order chi connectivity index (χ1) is 14.6. The number of halogens is 1. The molecule has 1 aliphatic rings. The first-order valence-corrected chi connectivity index (χ1v) is 11.7. The Morgan fingerprint density at radius 1 is 1.26 bits per heavy atom. The predicted molar refractivity (Wildman–Crippen MR) is 142 cm³/mol. The number of benzene rings is 1. The van der Waals surface area contributed by atoms with Gasteiger partial charge < -0.3 is 20.1 Å². The molecule has 1 aliphatic heterocycles. The van der Waals surface area contributed by atoms with Gasteiger partial charge in [-0.1, -0.05) is 26.0 Å². The number of para-hydroxylation sites is 2. The second-order valence-electron chi connectivity index (χ2n) is 8.96. The maximum absolute atomic E-state index is 4.90. The summed E-state index contributed by atoms with van der Waals surface area (Å²) in [6, 6.07) is 8.37. The number of fused-ring (bicyclic) bond motifs is 1. The molecule has 1 aromatic carbocycles. The van der Waals surface area contributed by atoms with Crippen LogP contribution in [0.25, 0.3) is 11.0 Å². The Morgan fingerprint density at radius 2 is 2.06 bits per heavy atom. The number of hydrogen-bond acceptors (Lipinski definition) is 3. The Balaban J connectivity index is 0.00000341. The van der Waals surface area contributed by atoms with Crippen LogP contribution in [0.4, 0.5) is 0 Å². The van der Waals surface area contributed by atoms with Crippen LogP contribution in [0.2, 0.25) is 0 Å². The number of piperidine rings is 1. The maximum Gasteiger partial charge on any atom is 0.191 e. The van der Waals surface area contributed by atoms with E-state index in [2.05, 4.69) is 71.0 Å². The van der Waals surface area contributed by atoms with Crippen LogP contribution in [-0.4, -0.2) is 59.7 Å². The molecule has 31 heavy (non-hydrogen) atoms.